The summed E-state index contributed by atoms with van der Waals surface area (Å²) in [4.78, 5) is 4.95. The molecule has 0 spiro atoms. The minimum Gasteiger partial charge on any atom is -0.493 e. The minimum absolute atomic E-state index is 0.0562. The molecule has 7 bridgehead atoms. The van der Waals surface area contributed by atoms with E-state index >= 15 is 0 Å². The predicted octanol–water partition coefficient (Wildman–Crippen LogP) is 6.72. The molecule has 0 fully saturated rings. The van der Waals surface area contributed by atoms with Crippen LogP contribution in [0.3, 0.4) is 0 Å². The van der Waals surface area contributed by atoms with Gasteiger partial charge in [-0.2, -0.15) is 0 Å². The van der Waals surface area contributed by atoms with Gasteiger partial charge in [-0.1, -0.05) is 18.2 Å². The average molecular weight is 547 g/mol. The monoisotopic (exact) mass is 546 g/mol. The van der Waals surface area contributed by atoms with Crippen LogP contribution in [-0.4, -0.2) is 33.0 Å². The van der Waals surface area contributed by atoms with Crippen molar-refractivity contribution in [3.8, 4) is 46.0 Å². The number of nitrogens with zero attached hydrogens (tertiary/aromatic N) is 1. The summed E-state index contributed by atoms with van der Waals surface area (Å²) in [7, 11) is 3.35. The molecule has 0 radical (unpaired) electrons. The molecule has 1 atom stereocenters. The van der Waals surface area contributed by atoms with Crippen LogP contribution < -0.4 is 29.0 Å². The zero-order valence-electron chi connectivity index (χ0n) is 23.1. The molecule has 5 heterocycles. The maximum absolute atomic E-state index is 6.77. The number of hydrogen-bond donors (Lipinski definition) is 1. The van der Waals surface area contributed by atoms with Gasteiger partial charge in [0.15, 0.2) is 34.5 Å². The number of benzene rings is 4. The second kappa shape index (κ2) is 9.56. The Morgan fingerprint density at radius 1 is 0.756 bits per heavy atom. The van der Waals surface area contributed by atoms with Crippen molar-refractivity contribution in [1.29, 1.82) is 0 Å². The molecule has 4 aromatic rings. The van der Waals surface area contributed by atoms with Crippen LogP contribution in [0.25, 0.3) is 0 Å². The Morgan fingerprint density at radius 2 is 1.56 bits per heavy atom. The molecule has 41 heavy (non-hydrogen) atoms. The first-order valence-electron chi connectivity index (χ1n) is 14.1. The Balaban J connectivity index is 1.32. The number of methoxy groups -OCH3 is 2. The predicted molar refractivity (Wildman–Crippen MR) is 156 cm³/mol. The number of hydrogen-bond acceptors (Lipinski definition) is 7. The van der Waals surface area contributed by atoms with Crippen molar-refractivity contribution in [1.82, 2.24) is 5.32 Å². The normalized spacial score (nSPS) is 17.8. The lowest BCUT2D eigenvalue weighted by Gasteiger charge is -2.33. The van der Waals surface area contributed by atoms with E-state index in [9.17, 15) is 0 Å². The number of rotatable bonds is 2. The van der Waals surface area contributed by atoms with Crippen LogP contribution in [-0.2, 0) is 25.7 Å². The molecule has 7 nitrogen and oxygen atoms in total. The highest BCUT2D eigenvalue weighted by Crippen LogP contribution is 2.55. The molecule has 9 rings (SSSR count). The van der Waals surface area contributed by atoms with E-state index in [1.165, 1.54) is 16.7 Å². The Bertz CT molecular complexity index is 1730. The van der Waals surface area contributed by atoms with Gasteiger partial charge < -0.3 is 29.0 Å². The van der Waals surface area contributed by atoms with Crippen LogP contribution in [0.5, 0.6) is 46.0 Å². The van der Waals surface area contributed by atoms with Crippen molar-refractivity contribution in [2.75, 3.05) is 27.3 Å². The fourth-order valence-corrected chi connectivity index (χ4v) is 6.44. The Morgan fingerprint density at radius 3 is 2.41 bits per heavy atom. The van der Waals surface area contributed by atoms with Crippen LogP contribution in [0, 0.1) is 0 Å². The van der Waals surface area contributed by atoms with E-state index in [1.54, 1.807) is 14.2 Å². The van der Waals surface area contributed by atoms with E-state index in [2.05, 4.69) is 41.7 Å². The van der Waals surface area contributed by atoms with E-state index in [-0.39, 0.29) is 6.04 Å². The summed E-state index contributed by atoms with van der Waals surface area (Å²) in [6, 6.07) is 20.8. The number of nitrogens with one attached hydrogen (secondary N) is 1. The molecule has 5 aliphatic heterocycles. The number of aliphatic imine (C=N–C) groups is 1. The van der Waals surface area contributed by atoms with E-state index in [4.69, 9.17) is 28.7 Å². The summed E-state index contributed by atoms with van der Waals surface area (Å²) in [6.07, 6.45) is 3.20. The molecule has 206 valence electrons. The first-order valence-corrected chi connectivity index (χ1v) is 14.1. The third-order valence-electron chi connectivity index (χ3n) is 8.46. The van der Waals surface area contributed by atoms with Crippen molar-refractivity contribution in [2.24, 2.45) is 4.99 Å². The summed E-state index contributed by atoms with van der Waals surface area (Å²) in [5.74, 6) is 5.63. The van der Waals surface area contributed by atoms with Gasteiger partial charge >= 0.3 is 0 Å². The van der Waals surface area contributed by atoms with Crippen LogP contribution >= 0.6 is 0 Å². The molecular weight excluding hydrogens is 516 g/mol. The van der Waals surface area contributed by atoms with Gasteiger partial charge in [0.1, 0.15) is 5.75 Å². The summed E-state index contributed by atoms with van der Waals surface area (Å²) in [6.45, 7) is 1.61. The van der Waals surface area contributed by atoms with E-state index in [1.807, 2.05) is 24.3 Å². The van der Waals surface area contributed by atoms with Gasteiger partial charge in [0.25, 0.3) is 0 Å². The fourth-order valence-electron chi connectivity index (χ4n) is 6.44. The molecular formula is C34H30N2O5. The first-order chi connectivity index (χ1) is 20.2. The highest BCUT2D eigenvalue weighted by atomic mass is 16.6. The van der Waals surface area contributed by atoms with Gasteiger partial charge in [0, 0.05) is 35.8 Å². The lowest BCUT2D eigenvalue weighted by Crippen LogP contribution is -2.32. The zero-order valence-corrected chi connectivity index (χ0v) is 23.1. The molecule has 1 unspecified atom stereocenters. The van der Waals surface area contributed by atoms with E-state index < -0.39 is 0 Å². The summed E-state index contributed by atoms with van der Waals surface area (Å²) < 4.78 is 31.1. The first kappa shape index (κ1) is 24.3. The zero-order chi connectivity index (χ0) is 27.5. The molecule has 0 aromatic heterocycles. The van der Waals surface area contributed by atoms with Crippen molar-refractivity contribution < 1.29 is 23.7 Å². The van der Waals surface area contributed by atoms with E-state index in [0.717, 1.165) is 66.3 Å². The molecule has 0 aliphatic carbocycles. The molecule has 0 amide bonds. The van der Waals surface area contributed by atoms with Gasteiger partial charge in [-0.15, -0.1) is 0 Å². The second-order valence-corrected chi connectivity index (χ2v) is 10.9. The maximum Gasteiger partial charge on any atom is 0.212 e. The molecule has 5 aliphatic rings. The molecule has 0 saturated carbocycles. The largest absolute Gasteiger partial charge is 0.493 e. The highest BCUT2D eigenvalue weighted by molar-refractivity contribution is 6.04. The van der Waals surface area contributed by atoms with Gasteiger partial charge in [-0.3, -0.25) is 4.99 Å². The third-order valence-corrected chi connectivity index (χ3v) is 8.46. The average Bonchev–Trinajstić information content (AvgIpc) is 3.00. The standard InChI is InChI=1S/C34H30N2O5/c1-37-27-8-5-20-14-25-24-18-30-29(16-21(24)9-11-35-25)40-33-31(38-2)17-22-10-12-36-26(32(22)34(33)41-30)13-19-3-6-23(7-4-19)39-28(27)15-20/h3-8,15-18,26,36H,9-14H2,1-2H3. The van der Waals surface area contributed by atoms with Gasteiger partial charge in [0.05, 0.1) is 14.2 Å². The van der Waals surface area contributed by atoms with Crippen LogP contribution in [0.15, 0.2) is 65.7 Å². The SMILES string of the molecule is COc1ccc2cc1Oc1ccc(cc1)CC1NCCc3cc(OC)c4c(c31)Oc1cc3c(cc1O4)CCN=C3C2. The minimum atomic E-state index is 0.0562. The molecule has 1 N–H and O–H groups in total. The van der Waals surface area contributed by atoms with E-state index in [0.29, 0.717) is 40.9 Å². The Kier molecular flexibility index (Phi) is 5.67. The third kappa shape index (κ3) is 4.11. The second-order valence-electron chi connectivity index (χ2n) is 10.9. The lowest BCUT2D eigenvalue weighted by molar-refractivity contribution is 0.319. The van der Waals surface area contributed by atoms with Crippen molar-refractivity contribution in [3.63, 3.8) is 0 Å². The van der Waals surface area contributed by atoms with Crippen molar-refractivity contribution in [3.05, 3.63) is 94.0 Å². The summed E-state index contributed by atoms with van der Waals surface area (Å²) in [5, 5.41) is 3.73. The van der Waals surface area contributed by atoms with Crippen LogP contribution in [0.4, 0.5) is 0 Å². The molecule has 7 heteroatoms. The highest BCUT2D eigenvalue weighted by Gasteiger charge is 2.34. The quantitative estimate of drug-likeness (QED) is 0.265. The van der Waals surface area contributed by atoms with Crippen LogP contribution in [0.1, 0.15) is 39.4 Å². The lowest BCUT2D eigenvalue weighted by atomic mass is 9.88. The molecule has 4 aromatic carbocycles. The fraction of sp³-hybridized carbons (Fsp3) is 0.265. The Hall–Kier alpha value is -4.49. The Labute approximate surface area is 238 Å². The van der Waals surface area contributed by atoms with Gasteiger partial charge in [-0.05, 0) is 90.5 Å². The number of ether oxygens (including phenoxy) is 5. The summed E-state index contributed by atoms with van der Waals surface area (Å²) in [5.41, 5.74) is 7.97. The topological polar surface area (TPSA) is 70.5 Å². The maximum atomic E-state index is 6.77. The van der Waals surface area contributed by atoms with Crippen molar-refractivity contribution in [2.45, 2.75) is 31.7 Å². The van der Waals surface area contributed by atoms with Gasteiger partial charge in [0.2, 0.25) is 5.75 Å². The van der Waals surface area contributed by atoms with Crippen molar-refractivity contribution >= 4 is 5.71 Å². The summed E-state index contributed by atoms with van der Waals surface area (Å²) >= 11 is 0. The number of fused-ring (bicyclic) bond motifs is 2. The van der Waals surface area contributed by atoms with Crippen LogP contribution in [0.2, 0.25) is 0 Å². The van der Waals surface area contributed by atoms with Gasteiger partial charge in [-0.25, -0.2) is 0 Å². The molecule has 0 saturated heterocycles. The smallest absolute Gasteiger partial charge is 0.212 e.